The predicted molar refractivity (Wildman–Crippen MR) is 87.6 cm³/mol. The van der Waals surface area contributed by atoms with E-state index in [1.807, 2.05) is 6.07 Å². The maximum absolute atomic E-state index is 5.95. The van der Waals surface area contributed by atoms with E-state index < -0.39 is 0 Å². The molecule has 3 N–H and O–H groups in total. The van der Waals surface area contributed by atoms with Gasteiger partial charge in [0, 0.05) is 17.5 Å². The molecule has 2 aromatic rings. The summed E-state index contributed by atoms with van der Waals surface area (Å²) in [5, 5.41) is 4.80. The summed E-state index contributed by atoms with van der Waals surface area (Å²) in [6.07, 6.45) is 4.53. The largest absolute Gasteiger partial charge is 0.367 e. The first-order chi connectivity index (χ1) is 9.22. The molecule has 3 nitrogen and oxygen atoms in total. The van der Waals surface area contributed by atoms with E-state index in [0.29, 0.717) is 12.1 Å². The summed E-state index contributed by atoms with van der Waals surface area (Å²) in [7, 11) is 0. The van der Waals surface area contributed by atoms with Crippen LogP contribution in [0.4, 0.5) is 5.82 Å². The Labute approximate surface area is 126 Å². The average Bonchev–Trinajstić information content (AvgIpc) is 2.42. The van der Waals surface area contributed by atoms with E-state index in [4.69, 9.17) is 10.7 Å². The zero-order chi connectivity index (χ0) is 13.2. The number of fused-ring (bicyclic) bond motifs is 1. The number of nitrogens with one attached hydrogen (secondary N) is 1. The molecule has 20 heavy (non-hydrogen) atoms. The first-order valence-electron chi connectivity index (χ1n) is 7.11. The summed E-state index contributed by atoms with van der Waals surface area (Å²) in [6, 6.07) is 11.4. The molecule has 1 aromatic heterocycles. The highest BCUT2D eigenvalue weighted by atomic mass is 35.5. The highest BCUT2D eigenvalue weighted by Crippen LogP contribution is 2.24. The number of nitrogens with zero attached hydrogens (tertiary/aromatic N) is 1. The molecule has 0 spiro atoms. The van der Waals surface area contributed by atoms with Gasteiger partial charge in [0.25, 0.3) is 0 Å². The van der Waals surface area contributed by atoms with Crippen molar-refractivity contribution >= 4 is 29.1 Å². The Balaban J connectivity index is 0.00000147. The molecule has 3 rings (SSSR count). The van der Waals surface area contributed by atoms with E-state index in [9.17, 15) is 0 Å². The molecular weight excluding hydrogens is 270 g/mol. The number of rotatable bonds is 2. The maximum atomic E-state index is 5.95. The zero-order valence-electron chi connectivity index (χ0n) is 11.8. The molecule has 0 radical (unpaired) electrons. The lowest BCUT2D eigenvalue weighted by Gasteiger charge is -2.27. The molecule has 0 aliphatic heterocycles. The minimum Gasteiger partial charge on any atom is -0.367 e. The molecule has 108 valence electrons. The van der Waals surface area contributed by atoms with Crippen LogP contribution >= 0.6 is 12.4 Å². The van der Waals surface area contributed by atoms with Crippen LogP contribution in [0, 0.1) is 6.92 Å². The Bertz CT molecular complexity index is 577. The van der Waals surface area contributed by atoms with Crippen molar-refractivity contribution < 1.29 is 0 Å². The molecule has 1 aliphatic rings. The van der Waals surface area contributed by atoms with Crippen molar-refractivity contribution in [1.29, 1.82) is 0 Å². The first kappa shape index (κ1) is 15.1. The van der Waals surface area contributed by atoms with Crippen LogP contribution < -0.4 is 11.1 Å². The van der Waals surface area contributed by atoms with Gasteiger partial charge in [0.1, 0.15) is 5.82 Å². The van der Waals surface area contributed by atoms with Crippen molar-refractivity contribution in [2.45, 2.75) is 44.7 Å². The highest BCUT2D eigenvalue weighted by Gasteiger charge is 2.18. The monoisotopic (exact) mass is 291 g/mol. The molecule has 0 atom stereocenters. The molecule has 1 aliphatic carbocycles. The maximum Gasteiger partial charge on any atom is 0.127 e. The van der Waals surface area contributed by atoms with Crippen LogP contribution in [0.5, 0.6) is 0 Å². The van der Waals surface area contributed by atoms with Crippen LogP contribution in [0.15, 0.2) is 30.3 Å². The normalized spacial score (nSPS) is 22.3. The molecule has 1 aromatic carbocycles. The summed E-state index contributed by atoms with van der Waals surface area (Å²) in [4.78, 5) is 4.71. The smallest absolute Gasteiger partial charge is 0.127 e. The van der Waals surface area contributed by atoms with Crippen molar-refractivity contribution in [2.24, 2.45) is 5.73 Å². The van der Waals surface area contributed by atoms with Gasteiger partial charge in [-0.1, -0.05) is 18.2 Å². The number of nitrogens with two attached hydrogens (primary N) is 1. The third-order valence-corrected chi connectivity index (χ3v) is 4.05. The summed E-state index contributed by atoms with van der Waals surface area (Å²) in [6.45, 7) is 2.14. The van der Waals surface area contributed by atoms with Gasteiger partial charge in [0.2, 0.25) is 0 Å². The van der Waals surface area contributed by atoms with Crippen molar-refractivity contribution in [3.05, 3.63) is 35.9 Å². The summed E-state index contributed by atoms with van der Waals surface area (Å²) in [5.41, 5.74) is 8.29. The molecule has 1 heterocycles. The number of pyridine rings is 1. The molecule has 4 heteroatoms. The third kappa shape index (κ3) is 3.22. The number of aromatic nitrogens is 1. The van der Waals surface area contributed by atoms with Crippen LogP contribution in [0.1, 0.15) is 31.2 Å². The van der Waals surface area contributed by atoms with E-state index in [0.717, 1.165) is 37.0 Å². The van der Waals surface area contributed by atoms with Gasteiger partial charge in [0.15, 0.2) is 0 Å². The quantitative estimate of drug-likeness (QED) is 0.888. The number of para-hydroxylation sites is 1. The molecule has 0 unspecified atom stereocenters. The van der Waals surface area contributed by atoms with Gasteiger partial charge in [-0.05, 0) is 50.3 Å². The lowest BCUT2D eigenvalue weighted by Crippen LogP contribution is -2.33. The zero-order valence-corrected chi connectivity index (χ0v) is 12.6. The second-order valence-electron chi connectivity index (χ2n) is 5.60. The molecular formula is C16H22ClN3. The van der Waals surface area contributed by atoms with Gasteiger partial charge in [-0.25, -0.2) is 4.98 Å². The topological polar surface area (TPSA) is 50.9 Å². The van der Waals surface area contributed by atoms with Gasteiger partial charge >= 0.3 is 0 Å². The number of hydrogen-bond donors (Lipinski definition) is 2. The van der Waals surface area contributed by atoms with Crippen molar-refractivity contribution in [3.8, 4) is 0 Å². The third-order valence-electron chi connectivity index (χ3n) is 4.05. The number of hydrogen-bond acceptors (Lipinski definition) is 3. The summed E-state index contributed by atoms with van der Waals surface area (Å²) >= 11 is 0. The fraction of sp³-hybridized carbons (Fsp3) is 0.438. The minimum atomic E-state index is 0. The van der Waals surface area contributed by atoms with Crippen LogP contribution in [-0.2, 0) is 0 Å². The summed E-state index contributed by atoms with van der Waals surface area (Å²) in [5.74, 6) is 0.997. The average molecular weight is 292 g/mol. The van der Waals surface area contributed by atoms with Crippen molar-refractivity contribution in [1.82, 2.24) is 4.98 Å². The van der Waals surface area contributed by atoms with Gasteiger partial charge in [0.05, 0.1) is 5.52 Å². The Morgan fingerprint density at radius 3 is 2.60 bits per heavy atom. The van der Waals surface area contributed by atoms with Gasteiger partial charge in [-0.15, -0.1) is 12.4 Å². The Morgan fingerprint density at radius 1 is 1.15 bits per heavy atom. The van der Waals surface area contributed by atoms with Crippen molar-refractivity contribution in [3.63, 3.8) is 0 Å². The second kappa shape index (κ2) is 6.42. The fourth-order valence-corrected chi connectivity index (χ4v) is 2.90. The second-order valence-corrected chi connectivity index (χ2v) is 5.60. The van der Waals surface area contributed by atoms with E-state index in [-0.39, 0.29) is 12.4 Å². The molecule has 1 saturated carbocycles. The van der Waals surface area contributed by atoms with Gasteiger partial charge in [-0.3, -0.25) is 0 Å². The van der Waals surface area contributed by atoms with Gasteiger partial charge in [-0.2, -0.15) is 0 Å². The SMILES string of the molecule is Cc1cc(NC2CCC(N)CC2)nc2ccccc12.Cl. The Hall–Kier alpha value is -1.32. The van der Waals surface area contributed by atoms with Crippen LogP contribution in [0.2, 0.25) is 0 Å². The fourth-order valence-electron chi connectivity index (χ4n) is 2.90. The minimum absolute atomic E-state index is 0. The van der Waals surface area contributed by atoms with E-state index in [1.165, 1.54) is 10.9 Å². The lowest BCUT2D eigenvalue weighted by molar-refractivity contribution is 0.410. The predicted octanol–water partition coefficient (Wildman–Crippen LogP) is 3.65. The molecule has 1 fully saturated rings. The van der Waals surface area contributed by atoms with Crippen molar-refractivity contribution in [2.75, 3.05) is 5.32 Å². The number of benzene rings is 1. The first-order valence-corrected chi connectivity index (χ1v) is 7.11. The number of anilines is 1. The molecule has 0 bridgehead atoms. The Kier molecular flexibility index (Phi) is 4.84. The van der Waals surface area contributed by atoms with Crippen LogP contribution in [-0.4, -0.2) is 17.1 Å². The number of aryl methyl sites for hydroxylation is 1. The van der Waals surface area contributed by atoms with Gasteiger partial charge < -0.3 is 11.1 Å². The standard InChI is InChI=1S/C16H21N3.ClH/c1-11-10-16(18-13-8-6-12(17)7-9-13)19-15-5-3-2-4-14(11)15;/h2-5,10,12-13H,6-9,17H2,1H3,(H,18,19);1H. The summed E-state index contributed by atoms with van der Waals surface area (Å²) < 4.78 is 0. The lowest BCUT2D eigenvalue weighted by atomic mass is 9.92. The van der Waals surface area contributed by atoms with E-state index in [2.05, 4.69) is 36.5 Å². The number of halogens is 1. The van der Waals surface area contributed by atoms with Crippen LogP contribution in [0.25, 0.3) is 10.9 Å². The Morgan fingerprint density at radius 2 is 1.85 bits per heavy atom. The van der Waals surface area contributed by atoms with E-state index in [1.54, 1.807) is 0 Å². The highest BCUT2D eigenvalue weighted by molar-refractivity contribution is 5.85. The van der Waals surface area contributed by atoms with Crippen LogP contribution in [0.3, 0.4) is 0 Å². The molecule has 0 saturated heterocycles. The van der Waals surface area contributed by atoms with E-state index >= 15 is 0 Å². The molecule has 0 amide bonds.